The van der Waals surface area contributed by atoms with E-state index in [0.29, 0.717) is 11.3 Å². The Labute approximate surface area is 322 Å². The molecule has 1 aliphatic heterocycles. The minimum Gasteiger partial charge on any atom is -0.497 e. The van der Waals surface area contributed by atoms with E-state index >= 15 is 4.39 Å². The van der Waals surface area contributed by atoms with Crippen molar-refractivity contribution in [3.8, 4) is 34.3 Å². The molecular weight excluding hydrogens is 792 g/mol. The van der Waals surface area contributed by atoms with Crippen LogP contribution in [0.1, 0.15) is 37.9 Å². The number of sulfonamides is 1. The lowest BCUT2D eigenvalue weighted by molar-refractivity contribution is -0.137. The Morgan fingerprint density at radius 1 is 1.00 bits per heavy atom. The highest BCUT2D eigenvalue weighted by Gasteiger charge is 2.38. The number of ether oxygens (including phenoxy) is 4. The number of halogens is 5. The molecule has 13 nitrogen and oxygen atoms in total. The smallest absolute Gasteiger partial charge is 0.416 e. The predicted octanol–water partition coefficient (Wildman–Crippen LogP) is 8.21. The number of carbonyl (C=O) groups is 1. The van der Waals surface area contributed by atoms with E-state index in [1.165, 1.54) is 41.6 Å². The molecule has 0 bridgehead atoms. The molecule has 0 radical (unpaired) electrons. The van der Waals surface area contributed by atoms with Gasteiger partial charge in [-0.25, -0.2) is 21.9 Å². The number of anilines is 1. The molecule has 0 N–H and O–H groups in total. The topological polar surface area (TPSA) is 138 Å². The van der Waals surface area contributed by atoms with Crippen molar-refractivity contribution in [3.05, 3.63) is 88.3 Å². The van der Waals surface area contributed by atoms with Gasteiger partial charge in [0.15, 0.2) is 0 Å². The van der Waals surface area contributed by atoms with Crippen LogP contribution in [0.3, 0.4) is 0 Å². The molecule has 3 heterocycles. The van der Waals surface area contributed by atoms with Gasteiger partial charge in [-0.1, -0.05) is 22.9 Å². The van der Waals surface area contributed by atoms with Crippen molar-refractivity contribution in [1.82, 2.24) is 24.9 Å². The summed E-state index contributed by atoms with van der Waals surface area (Å²) in [6.07, 6.45) is -3.90. The van der Waals surface area contributed by atoms with Gasteiger partial charge in [0.25, 0.3) is 10.0 Å². The highest BCUT2D eigenvalue weighted by molar-refractivity contribution is 7.93. The van der Waals surface area contributed by atoms with Crippen LogP contribution in [0.25, 0.3) is 11.3 Å². The van der Waals surface area contributed by atoms with Gasteiger partial charge in [0.1, 0.15) is 44.8 Å². The molecule has 20 heteroatoms. The summed E-state index contributed by atoms with van der Waals surface area (Å²) in [6.45, 7) is 5.17. The Hall–Kier alpha value is -5.14. The van der Waals surface area contributed by atoms with Crippen molar-refractivity contribution in [1.29, 1.82) is 0 Å². The molecule has 55 heavy (non-hydrogen) atoms. The molecule has 0 saturated carbocycles. The van der Waals surface area contributed by atoms with Crippen LogP contribution in [0.4, 0.5) is 27.5 Å². The number of alkyl halides is 3. The average molecular weight is 825 g/mol. The lowest BCUT2D eigenvalue weighted by atomic mass is 10.0. The number of rotatable bonds is 11. The molecule has 1 fully saturated rings. The second kappa shape index (κ2) is 15.2. The van der Waals surface area contributed by atoms with Crippen LogP contribution in [0, 0.1) is 5.82 Å². The molecule has 6 rings (SSSR count). The third kappa shape index (κ3) is 8.42. The van der Waals surface area contributed by atoms with Gasteiger partial charge in [-0.05, 0) is 63.2 Å². The summed E-state index contributed by atoms with van der Waals surface area (Å²) in [5, 5.41) is 11.5. The molecule has 1 saturated heterocycles. The van der Waals surface area contributed by atoms with Crippen LogP contribution in [0.2, 0.25) is 5.02 Å². The van der Waals surface area contributed by atoms with E-state index in [1.54, 1.807) is 39.0 Å². The second-order valence-corrected chi connectivity index (χ2v) is 16.2. The van der Waals surface area contributed by atoms with Crippen LogP contribution in [-0.2, 0) is 27.5 Å². The van der Waals surface area contributed by atoms with Crippen LogP contribution in [0.15, 0.2) is 71.2 Å². The van der Waals surface area contributed by atoms with E-state index in [1.807, 2.05) is 0 Å². The van der Waals surface area contributed by atoms with Crippen molar-refractivity contribution < 1.29 is 49.7 Å². The standard InChI is InChI=1S/C35H33ClF4N6O7S2/c1-34(2,3)53-33(47)44-17-22(18-44)46-27(10-11-42-46)24-12-21(35(38,39)40)7-9-28(24)52-30-15-26(37)31(14-25(30)36)55(48,49)45(32-43-41-19-54-32)16-20-6-8-23(50-4)13-29(20)51-5/h6-15,19,22H,16-18H2,1-5H3. The Morgan fingerprint density at radius 3 is 2.38 bits per heavy atom. The molecule has 1 amide bonds. The van der Waals surface area contributed by atoms with Gasteiger partial charge in [0, 0.05) is 42.5 Å². The number of hydrogen-bond acceptors (Lipinski definition) is 11. The van der Waals surface area contributed by atoms with Gasteiger partial charge in [0.2, 0.25) is 5.13 Å². The Balaban J connectivity index is 1.33. The van der Waals surface area contributed by atoms with Gasteiger partial charge < -0.3 is 23.8 Å². The predicted molar refractivity (Wildman–Crippen MR) is 194 cm³/mol. The van der Waals surface area contributed by atoms with Crippen LogP contribution >= 0.6 is 22.9 Å². The quantitative estimate of drug-likeness (QED) is 0.120. The Bertz CT molecular complexity index is 2310. The lowest BCUT2D eigenvalue weighted by Gasteiger charge is -2.40. The van der Waals surface area contributed by atoms with E-state index in [-0.39, 0.29) is 58.3 Å². The lowest BCUT2D eigenvalue weighted by Crippen LogP contribution is -2.52. The summed E-state index contributed by atoms with van der Waals surface area (Å²) in [7, 11) is -1.89. The number of benzene rings is 3. The molecule has 0 spiro atoms. The zero-order valence-electron chi connectivity index (χ0n) is 29.8. The summed E-state index contributed by atoms with van der Waals surface area (Å²) in [6, 6.07) is 10.0. The summed E-state index contributed by atoms with van der Waals surface area (Å²) in [4.78, 5) is 13.1. The van der Waals surface area contributed by atoms with E-state index in [2.05, 4.69) is 15.3 Å². The Kier molecular flexibility index (Phi) is 10.9. The minimum atomic E-state index is -4.74. The molecule has 292 valence electrons. The first-order chi connectivity index (χ1) is 25.9. The summed E-state index contributed by atoms with van der Waals surface area (Å²) >= 11 is 7.42. The largest absolute Gasteiger partial charge is 0.497 e. The zero-order chi connectivity index (χ0) is 39.9. The fourth-order valence-electron chi connectivity index (χ4n) is 5.59. The molecule has 1 aliphatic rings. The first kappa shape index (κ1) is 39.6. The van der Waals surface area contributed by atoms with Crippen molar-refractivity contribution in [2.75, 3.05) is 31.6 Å². The highest BCUT2D eigenvalue weighted by Crippen LogP contribution is 2.43. The van der Waals surface area contributed by atoms with Gasteiger partial charge in [-0.2, -0.15) is 18.3 Å². The monoisotopic (exact) mass is 824 g/mol. The third-order valence-electron chi connectivity index (χ3n) is 8.26. The molecule has 3 aromatic carbocycles. The van der Waals surface area contributed by atoms with E-state index in [0.717, 1.165) is 46.0 Å². The molecule has 0 atom stereocenters. The summed E-state index contributed by atoms with van der Waals surface area (Å²) in [5.74, 6) is -1.09. The van der Waals surface area contributed by atoms with E-state index < -0.39 is 50.2 Å². The van der Waals surface area contributed by atoms with Gasteiger partial charge >= 0.3 is 12.3 Å². The van der Waals surface area contributed by atoms with E-state index in [9.17, 15) is 26.4 Å². The zero-order valence-corrected chi connectivity index (χ0v) is 32.2. The normalized spacial score (nSPS) is 13.7. The van der Waals surface area contributed by atoms with Crippen LogP contribution in [0.5, 0.6) is 23.0 Å². The van der Waals surface area contributed by atoms with Crippen molar-refractivity contribution in [2.45, 2.75) is 50.0 Å². The number of hydrogen-bond donors (Lipinski definition) is 0. The molecular formula is C35H33ClF4N6O7S2. The minimum absolute atomic E-state index is 0.0768. The maximum Gasteiger partial charge on any atom is 0.416 e. The maximum absolute atomic E-state index is 16.0. The molecule has 0 aliphatic carbocycles. The first-order valence-electron chi connectivity index (χ1n) is 16.3. The number of carbonyl (C=O) groups excluding carboxylic acids is 1. The van der Waals surface area contributed by atoms with Crippen molar-refractivity contribution in [2.24, 2.45) is 0 Å². The van der Waals surface area contributed by atoms with Gasteiger partial charge in [-0.3, -0.25) is 4.68 Å². The maximum atomic E-state index is 16.0. The number of methoxy groups -OCH3 is 2. The molecule has 5 aromatic rings. The summed E-state index contributed by atoms with van der Waals surface area (Å²) in [5.41, 5.74) is 0.0896. The number of aromatic nitrogens is 4. The number of amides is 1. The third-order valence-corrected chi connectivity index (χ3v) is 11.1. The highest BCUT2D eigenvalue weighted by atomic mass is 35.5. The fourth-order valence-corrected chi connectivity index (χ4v) is 8.11. The SMILES string of the molecule is COc1ccc(CN(c2nncs2)S(=O)(=O)c2cc(Cl)c(Oc3ccc(C(F)(F)F)cc3-c3ccnn3C3CN(C(=O)OC(C)(C)C)C3)cc2F)c(OC)c1. The molecule has 2 aromatic heterocycles. The first-order valence-corrected chi connectivity index (χ1v) is 19.0. The fraction of sp³-hybridized carbons (Fsp3) is 0.314. The van der Waals surface area contributed by atoms with Gasteiger partial charge in [0.05, 0.1) is 43.1 Å². The number of nitrogens with zero attached hydrogens (tertiary/aromatic N) is 6. The van der Waals surface area contributed by atoms with Crippen LogP contribution < -0.4 is 18.5 Å². The van der Waals surface area contributed by atoms with Crippen LogP contribution in [-0.4, -0.2) is 72.3 Å². The van der Waals surface area contributed by atoms with E-state index in [4.69, 9.17) is 30.5 Å². The van der Waals surface area contributed by atoms with Gasteiger partial charge in [-0.15, -0.1) is 10.2 Å². The molecule has 0 unspecified atom stereocenters. The average Bonchev–Trinajstić information content (AvgIpc) is 3.80. The van der Waals surface area contributed by atoms with Crippen molar-refractivity contribution >= 4 is 44.2 Å². The second-order valence-electron chi connectivity index (χ2n) is 13.1. The number of likely N-dealkylation sites (tertiary alicyclic amines) is 1. The van der Waals surface area contributed by atoms with Crippen molar-refractivity contribution in [3.63, 3.8) is 0 Å². The Morgan fingerprint density at radius 2 is 1.75 bits per heavy atom. The summed E-state index contributed by atoms with van der Waals surface area (Å²) < 4.78 is 110.